The first-order valence-electron chi connectivity index (χ1n) is 6.91. The lowest BCUT2D eigenvalue weighted by atomic mass is 10.1. The van der Waals surface area contributed by atoms with E-state index in [1.165, 1.54) is 12.5 Å². The second kappa shape index (κ2) is 6.08. The van der Waals surface area contributed by atoms with E-state index in [2.05, 4.69) is 4.74 Å². The van der Waals surface area contributed by atoms with Crippen LogP contribution in [-0.2, 0) is 11.3 Å². The van der Waals surface area contributed by atoms with Crippen molar-refractivity contribution in [1.82, 2.24) is 0 Å². The lowest BCUT2D eigenvalue weighted by Gasteiger charge is -2.25. The number of carbonyl (C=O) groups excluding carboxylic acids is 1. The molecule has 0 radical (unpaired) electrons. The van der Waals surface area contributed by atoms with Crippen LogP contribution in [0.4, 0.5) is 0 Å². The van der Waals surface area contributed by atoms with Crippen molar-refractivity contribution in [2.75, 3.05) is 7.11 Å². The number of methoxy groups -OCH3 is 1. The van der Waals surface area contributed by atoms with Crippen LogP contribution >= 0.6 is 10.6 Å². The molecular formula is C17H16O5S. The maximum atomic E-state index is 11.4. The molecule has 2 aromatic rings. The second-order valence-corrected chi connectivity index (χ2v) is 6.94. The minimum absolute atomic E-state index is 0.310. The van der Waals surface area contributed by atoms with Crippen LogP contribution in [0.5, 0.6) is 5.75 Å². The van der Waals surface area contributed by atoms with E-state index < -0.39 is 10.6 Å². The molecule has 1 aliphatic heterocycles. The number of ether oxygens (including phenoxy) is 2. The van der Waals surface area contributed by atoms with Gasteiger partial charge in [0.15, 0.2) is 0 Å². The SMILES string of the molecule is COC(=O)c1ccc(COc2cccc3c2C=CS3(O)O)cc1. The number of fused-ring (bicyclic) bond motifs is 1. The van der Waals surface area contributed by atoms with Gasteiger partial charge in [0.2, 0.25) is 0 Å². The standard InChI is InChI=1S/C17H16O5S/c1-21-17(18)13-7-5-12(6-8-13)11-22-15-3-2-4-16-14(15)9-10-23(16,19)20/h2-10,19-20H,11H2,1H3. The summed E-state index contributed by atoms with van der Waals surface area (Å²) in [6.07, 6.45) is 1.67. The van der Waals surface area contributed by atoms with Gasteiger partial charge in [-0.1, -0.05) is 18.2 Å². The summed E-state index contributed by atoms with van der Waals surface area (Å²) >= 11 is 0. The van der Waals surface area contributed by atoms with Gasteiger partial charge < -0.3 is 9.47 Å². The zero-order chi connectivity index (χ0) is 16.4. The van der Waals surface area contributed by atoms with Gasteiger partial charge in [0.05, 0.1) is 17.6 Å². The van der Waals surface area contributed by atoms with Crippen LogP contribution in [-0.4, -0.2) is 22.2 Å². The highest BCUT2D eigenvalue weighted by atomic mass is 32.3. The topological polar surface area (TPSA) is 76.0 Å². The van der Waals surface area contributed by atoms with Crippen molar-refractivity contribution in [3.05, 3.63) is 64.6 Å². The van der Waals surface area contributed by atoms with Gasteiger partial charge in [0, 0.05) is 11.0 Å². The zero-order valence-corrected chi connectivity index (χ0v) is 13.2. The number of hydrogen-bond acceptors (Lipinski definition) is 5. The van der Waals surface area contributed by atoms with Gasteiger partial charge in [-0.15, -0.1) is 10.6 Å². The summed E-state index contributed by atoms with van der Waals surface area (Å²) in [7, 11) is -1.50. The van der Waals surface area contributed by atoms with E-state index in [9.17, 15) is 13.9 Å². The lowest BCUT2D eigenvalue weighted by molar-refractivity contribution is 0.0600. The molecule has 5 nitrogen and oxygen atoms in total. The van der Waals surface area contributed by atoms with Gasteiger partial charge in [0.25, 0.3) is 0 Å². The Kier molecular flexibility index (Phi) is 4.12. The molecule has 3 rings (SSSR count). The summed E-state index contributed by atoms with van der Waals surface area (Å²) in [5, 5.41) is 1.40. The lowest BCUT2D eigenvalue weighted by Crippen LogP contribution is -2.02. The van der Waals surface area contributed by atoms with Gasteiger partial charge in [-0.25, -0.2) is 4.79 Å². The molecule has 0 atom stereocenters. The summed E-state index contributed by atoms with van der Waals surface area (Å²) < 4.78 is 30.3. The van der Waals surface area contributed by atoms with Crippen LogP contribution < -0.4 is 4.74 Å². The fourth-order valence-corrected chi connectivity index (χ4v) is 3.57. The largest absolute Gasteiger partial charge is 0.488 e. The van der Waals surface area contributed by atoms with Crippen molar-refractivity contribution in [2.24, 2.45) is 0 Å². The first kappa shape index (κ1) is 15.6. The predicted molar refractivity (Wildman–Crippen MR) is 88.7 cm³/mol. The summed E-state index contributed by atoms with van der Waals surface area (Å²) in [5.74, 6) is 0.210. The van der Waals surface area contributed by atoms with Crippen LogP contribution in [0.25, 0.3) is 6.08 Å². The summed E-state index contributed by atoms with van der Waals surface area (Å²) in [5.41, 5.74) is 2.07. The Labute approximate surface area is 135 Å². The quantitative estimate of drug-likeness (QED) is 0.823. The van der Waals surface area contributed by atoms with Gasteiger partial charge in [-0.2, -0.15) is 0 Å². The van der Waals surface area contributed by atoms with Crippen LogP contribution in [0.2, 0.25) is 0 Å². The van der Waals surface area contributed by atoms with Crippen molar-refractivity contribution < 1.29 is 23.4 Å². The molecule has 6 heteroatoms. The molecule has 120 valence electrons. The number of rotatable bonds is 4. The predicted octanol–water partition coefficient (Wildman–Crippen LogP) is 4.15. The smallest absolute Gasteiger partial charge is 0.337 e. The Balaban J connectivity index is 1.74. The van der Waals surface area contributed by atoms with Gasteiger partial charge in [-0.05, 0) is 35.9 Å². The molecule has 0 aromatic heterocycles. The van der Waals surface area contributed by atoms with Gasteiger partial charge >= 0.3 is 5.97 Å². The average molecular weight is 332 g/mol. The molecule has 0 bridgehead atoms. The summed E-state index contributed by atoms with van der Waals surface area (Å²) in [4.78, 5) is 11.9. The third-order valence-corrected chi connectivity index (χ3v) is 5.06. The Morgan fingerprint density at radius 1 is 1.13 bits per heavy atom. The molecule has 23 heavy (non-hydrogen) atoms. The third kappa shape index (κ3) is 3.10. The van der Waals surface area contributed by atoms with Gasteiger partial charge in [0.1, 0.15) is 12.4 Å². The Morgan fingerprint density at radius 3 is 2.57 bits per heavy atom. The van der Waals surface area contributed by atoms with E-state index in [1.807, 2.05) is 0 Å². The first-order valence-corrected chi connectivity index (χ1v) is 8.52. The number of benzene rings is 2. The van der Waals surface area contributed by atoms with E-state index in [0.29, 0.717) is 28.4 Å². The van der Waals surface area contributed by atoms with E-state index >= 15 is 0 Å². The molecule has 0 fully saturated rings. The second-order valence-electron chi connectivity index (χ2n) is 5.04. The fourth-order valence-electron chi connectivity index (χ4n) is 2.33. The van der Waals surface area contributed by atoms with E-state index in [4.69, 9.17) is 4.74 Å². The highest BCUT2D eigenvalue weighted by Crippen LogP contribution is 2.57. The molecule has 1 aliphatic rings. The van der Waals surface area contributed by atoms with Crippen molar-refractivity contribution >= 4 is 22.6 Å². The Bertz CT molecular complexity index is 765. The molecule has 1 heterocycles. The van der Waals surface area contributed by atoms with E-state index in [-0.39, 0.29) is 5.97 Å². The van der Waals surface area contributed by atoms with Gasteiger partial charge in [-0.3, -0.25) is 9.11 Å². The maximum absolute atomic E-state index is 11.4. The molecule has 2 aromatic carbocycles. The first-order chi connectivity index (χ1) is 11.0. The zero-order valence-electron chi connectivity index (χ0n) is 12.4. The van der Waals surface area contributed by atoms with Crippen molar-refractivity contribution in [3.63, 3.8) is 0 Å². The van der Waals surface area contributed by atoms with Crippen molar-refractivity contribution in [2.45, 2.75) is 11.5 Å². The third-order valence-electron chi connectivity index (χ3n) is 3.54. The maximum Gasteiger partial charge on any atom is 0.337 e. The highest BCUT2D eigenvalue weighted by molar-refractivity contribution is 8.27. The molecule has 0 spiro atoms. The molecule has 0 aliphatic carbocycles. The minimum Gasteiger partial charge on any atom is -0.488 e. The molecule has 0 unspecified atom stereocenters. The molecule has 0 amide bonds. The average Bonchev–Trinajstić information content (AvgIpc) is 2.88. The van der Waals surface area contributed by atoms with Crippen molar-refractivity contribution in [1.29, 1.82) is 0 Å². The van der Waals surface area contributed by atoms with E-state index in [1.54, 1.807) is 48.5 Å². The monoisotopic (exact) mass is 332 g/mol. The number of carbonyl (C=O) groups is 1. The van der Waals surface area contributed by atoms with Crippen LogP contribution in [0.1, 0.15) is 21.5 Å². The summed E-state index contributed by atoms with van der Waals surface area (Å²) in [6.45, 7) is 0.310. The van der Waals surface area contributed by atoms with Crippen LogP contribution in [0, 0.1) is 0 Å². The highest BCUT2D eigenvalue weighted by Gasteiger charge is 2.24. The Morgan fingerprint density at radius 2 is 1.87 bits per heavy atom. The minimum atomic E-state index is -2.84. The number of hydrogen-bond donors (Lipinski definition) is 2. The molecule has 2 N–H and O–H groups in total. The Hall–Kier alpha value is -2.28. The van der Waals surface area contributed by atoms with Crippen LogP contribution in [0.3, 0.4) is 0 Å². The molecule has 0 saturated carbocycles. The van der Waals surface area contributed by atoms with E-state index in [0.717, 1.165) is 5.56 Å². The molecular weight excluding hydrogens is 316 g/mol. The fraction of sp³-hybridized carbons (Fsp3) is 0.118. The van der Waals surface area contributed by atoms with Crippen LogP contribution in [0.15, 0.2) is 52.8 Å². The van der Waals surface area contributed by atoms with Crippen molar-refractivity contribution in [3.8, 4) is 5.75 Å². The normalized spacial score (nSPS) is 15.8. The molecule has 0 saturated heterocycles. The number of esters is 1. The summed E-state index contributed by atoms with van der Waals surface area (Å²) in [6, 6.07) is 12.1.